The van der Waals surface area contributed by atoms with Crippen LogP contribution in [-0.2, 0) is 9.49 Å². The molecule has 0 bridgehead atoms. The summed E-state index contributed by atoms with van der Waals surface area (Å²) < 4.78 is 25.1. The third-order valence-electron chi connectivity index (χ3n) is 4.12. The molecule has 0 saturated heterocycles. The Kier molecular flexibility index (Phi) is 5.55. The Morgan fingerprint density at radius 1 is 0.778 bits per heavy atom. The number of thioether (sulfide) groups is 1. The number of nitro benzene ring substituents is 2. The maximum atomic E-state index is 13.5. The number of halogens is 2. The molecule has 0 saturated carbocycles. The molecule has 9 heteroatoms. The molecule has 6 nitrogen and oxygen atoms in total. The van der Waals surface area contributed by atoms with Crippen LogP contribution in [0.3, 0.4) is 0 Å². The molecule has 2 aromatic rings. The van der Waals surface area contributed by atoms with Gasteiger partial charge in [0.25, 0.3) is 11.4 Å². The highest BCUT2D eigenvalue weighted by atomic mass is 32.2. The van der Waals surface area contributed by atoms with Crippen molar-refractivity contribution in [2.24, 2.45) is 0 Å². The number of hydrogen-bond donors (Lipinski definition) is 0. The molecule has 0 spiro atoms. The standard InChI is InChI=1S/C18H18F2N2O4S/c1-17(2,13-7-5-11(19)9-15(13)21(23)24)27-18(3,4)14-8-6-12(20)10-16(14)22(25)26/h5-10H,1-4H3. The number of benzene rings is 2. The second kappa shape index (κ2) is 7.22. The zero-order valence-electron chi connectivity index (χ0n) is 15.2. The SMILES string of the molecule is CC(C)(SC(C)(C)c1ccc(F)cc1[N+](=O)[O-])c1ccc(F)cc1[N+](=O)[O-]. The smallest absolute Gasteiger partial charge is 0.258 e. The van der Waals surface area contributed by atoms with Crippen molar-refractivity contribution < 1.29 is 18.6 Å². The van der Waals surface area contributed by atoms with E-state index in [0.717, 1.165) is 24.3 Å². The molecule has 0 N–H and O–H groups in total. The van der Waals surface area contributed by atoms with Gasteiger partial charge >= 0.3 is 0 Å². The third-order valence-corrected chi connectivity index (χ3v) is 5.58. The Labute approximate surface area is 158 Å². The summed E-state index contributed by atoms with van der Waals surface area (Å²) in [5, 5.41) is 22.7. The van der Waals surface area contributed by atoms with E-state index >= 15 is 0 Å². The van der Waals surface area contributed by atoms with Crippen LogP contribution in [0.4, 0.5) is 20.2 Å². The fourth-order valence-corrected chi connectivity index (χ4v) is 4.92. The highest BCUT2D eigenvalue weighted by Gasteiger charge is 2.39. The molecule has 2 rings (SSSR count). The molecule has 0 radical (unpaired) electrons. The molecule has 0 atom stereocenters. The van der Waals surface area contributed by atoms with Crippen molar-refractivity contribution >= 4 is 23.1 Å². The molecule has 0 aliphatic carbocycles. The molecular formula is C18H18F2N2O4S. The first-order valence-corrected chi connectivity index (χ1v) is 8.76. The Hall–Kier alpha value is -2.55. The van der Waals surface area contributed by atoms with Crippen LogP contribution in [0.15, 0.2) is 36.4 Å². The number of hydrogen-bond acceptors (Lipinski definition) is 5. The normalized spacial score (nSPS) is 12.1. The van der Waals surface area contributed by atoms with Crippen molar-refractivity contribution in [1.82, 2.24) is 0 Å². The average Bonchev–Trinajstić information content (AvgIpc) is 2.53. The summed E-state index contributed by atoms with van der Waals surface area (Å²) in [7, 11) is 0. The van der Waals surface area contributed by atoms with E-state index < -0.39 is 31.0 Å². The highest BCUT2D eigenvalue weighted by Crippen LogP contribution is 2.52. The molecule has 0 unspecified atom stereocenters. The van der Waals surface area contributed by atoms with E-state index in [9.17, 15) is 29.0 Å². The lowest BCUT2D eigenvalue weighted by Crippen LogP contribution is -2.24. The molecule has 27 heavy (non-hydrogen) atoms. The quantitative estimate of drug-likeness (QED) is 0.463. The minimum atomic E-state index is -0.887. The molecule has 0 heterocycles. The Morgan fingerprint density at radius 2 is 1.11 bits per heavy atom. The maximum absolute atomic E-state index is 13.5. The molecule has 144 valence electrons. The minimum absolute atomic E-state index is 0.289. The summed E-state index contributed by atoms with van der Waals surface area (Å²) in [6.07, 6.45) is 0. The van der Waals surface area contributed by atoms with Gasteiger partial charge in [-0.1, -0.05) is 0 Å². The van der Waals surface area contributed by atoms with Crippen LogP contribution >= 0.6 is 11.8 Å². The molecule has 0 aliphatic heterocycles. The first-order chi connectivity index (χ1) is 12.3. The maximum Gasteiger partial charge on any atom is 0.276 e. The lowest BCUT2D eigenvalue weighted by atomic mass is 9.99. The highest BCUT2D eigenvalue weighted by molar-refractivity contribution is 8.01. The van der Waals surface area contributed by atoms with Crippen molar-refractivity contribution in [3.05, 3.63) is 79.4 Å². The number of nitro groups is 2. The topological polar surface area (TPSA) is 86.3 Å². The summed E-state index contributed by atoms with van der Waals surface area (Å²) in [5.74, 6) is -1.45. The molecule has 0 aliphatic rings. The van der Waals surface area contributed by atoms with Gasteiger partial charge < -0.3 is 0 Å². The van der Waals surface area contributed by atoms with E-state index in [-0.39, 0.29) is 22.5 Å². The first kappa shape index (κ1) is 20.8. The second-order valence-electron chi connectivity index (χ2n) is 6.96. The summed E-state index contributed by atoms with van der Waals surface area (Å²) in [6, 6.07) is 6.66. The fourth-order valence-electron chi connectivity index (χ4n) is 3.08. The van der Waals surface area contributed by atoms with Gasteiger partial charge in [0.05, 0.1) is 22.0 Å². The number of nitrogens with zero attached hydrogens (tertiary/aromatic N) is 2. The van der Waals surface area contributed by atoms with E-state index in [0.29, 0.717) is 0 Å². The van der Waals surface area contributed by atoms with Gasteiger partial charge in [-0.2, -0.15) is 0 Å². The minimum Gasteiger partial charge on any atom is -0.258 e. The van der Waals surface area contributed by atoms with Gasteiger partial charge in [-0.05, 0) is 52.0 Å². The largest absolute Gasteiger partial charge is 0.276 e. The monoisotopic (exact) mass is 396 g/mol. The second-order valence-corrected chi connectivity index (χ2v) is 9.21. The zero-order chi connectivity index (χ0) is 20.6. The van der Waals surface area contributed by atoms with E-state index in [2.05, 4.69) is 0 Å². The van der Waals surface area contributed by atoms with E-state index in [1.54, 1.807) is 27.7 Å². The zero-order valence-corrected chi connectivity index (χ0v) is 16.0. The van der Waals surface area contributed by atoms with Crippen LogP contribution in [0.1, 0.15) is 38.8 Å². The van der Waals surface area contributed by atoms with Crippen LogP contribution in [-0.4, -0.2) is 9.85 Å². The van der Waals surface area contributed by atoms with Crippen molar-refractivity contribution in [3.8, 4) is 0 Å². The van der Waals surface area contributed by atoms with Gasteiger partial charge in [-0.25, -0.2) is 8.78 Å². The van der Waals surface area contributed by atoms with E-state index in [1.807, 2.05) is 0 Å². The van der Waals surface area contributed by atoms with Crippen molar-refractivity contribution in [1.29, 1.82) is 0 Å². The molecule has 0 amide bonds. The Bertz CT molecular complexity index is 843. The van der Waals surface area contributed by atoms with Gasteiger partial charge in [0.2, 0.25) is 0 Å². The lowest BCUT2D eigenvalue weighted by Gasteiger charge is -2.34. The summed E-state index contributed by atoms with van der Waals surface area (Å²) >= 11 is 1.23. The van der Waals surface area contributed by atoms with Crippen LogP contribution in [0.25, 0.3) is 0 Å². The molecule has 0 fully saturated rings. The van der Waals surface area contributed by atoms with Crippen LogP contribution in [0.2, 0.25) is 0 Å². The van der Waals surface area contributed by atoms with E-state index in [1.165, 1.54) is 23.9 Å². The van der Waals surface area contributed by atoms with Crippen LogP contribution < -0.4 is 0 Å². The summed E-state index contributed by atoms with van der Waals surface area (Å²) in [4.78, 5) is 21.4. The fraction of sp³-hybridized carbons (Fsp3) is 0.333. The van der Waals surface area contributed by atoms with Crippen LogP contribution in [0.5, 0.6) is 0 Å². The predicted octanol–water partition coefficient (Wildman–Crippen LogP) is 5.68. The lowest BCUT2D eigenvalue weighted by molar-refractivity contribution is -0.386. The molecular weight excluding hydrogens is 378 g/mol. The molecule has 2 aromatic carbocycles. The number of rotatable bonds is 6. The summed E-state index contributed by atoms with van der Waals surface area (Å²) in [6.45, 7) is 6.87. The summed E-state index contributed by atoms with van der Waals surface area (Å²) in [5.41, 5.74) is -0.151. The van der Waals surface area contributed by atoms with Gasteiger partial charge in [-0.15, -0.1) is 11.8 Å². The van der Waals surface area contributed by atoms with Gasteiger partial charge in [0, 0.05) is 20.6 Å². The Balaban J connectivity index is 2.52. The van der Waals surface area contributed by atoms with Crippen molar-refractivity contribution in [2.75, 3.05) is 0 Å². The van der Waals surface area contributed by atoms with Crippen molar-refractivity contribution in [3.63, 3.8) is 0 Å². The van der Waals surface area contributed by atoms with Gasteiger partial charge in [0.1, 0.15) is 11.6 Å². The third kappa shape index (κ3) is 4.41. The van der Waals surface area contributed by atoms with Gasteiger partial charge in [-0.3, -0.25) is 20.2 Å². The molecule has 0 aromatic heterocycles. The predicted molar refractivity (Wildman–Crippen MR) is 99.8 cm³/mol. The Morgan fingerprint density at radius 3 is 1.41 bits per heavy atom. The van der Waals surface area contributed by atoms with E-state index in [4.69, 9.17) is 0 Å². The average molecular weight is 396 g/mol. The first-order valence-electron chi connectivity index (χ1n) is 7.94. The van der Waals surface area contributed by atoms with Gasteiger partial charge in [0.15, 0.2) is 0 Å². The van der Waals surface area contributed by atoms with Crippen LogP contribution in [0, 0.1) is 31.9 Å². The van der Waals surface area contributed by atoms with Crippen molar-refractivity contribution in [2.45, 2.75) is 37.2 Å².